The average molecular weight is 294 g/mol. The second-order valence-corrected chi connectivity index (χ2v) is 6.61. The molecule has 1 amide bonds. The summed E-state index contributed by atoms with van der Waals surface area (Å²) in [6, 6.07) is 0.0128. The second kappa shape index (κ2) is 6.15. The van der Waals surface area contributed by atoms with Crippen molar-refractivity contribution in [3.8, 4) is 0 Å². The number of carbonyl (C=O) groups is 1. The molecule has 0 aromatic carbocycles. The van der Waals surface area contributed by atoms with Crippen LogP contribution in [0, 0.1) is 5.92 Å². The Balaban J connectivity index is 2.28. The van der Waals surface area contributed by atoms with Gasteiger partial charge in [0.05, 0.1) is 25.4 Å². The number of nitrogens with zero attached hydrogens (tertiary/aromatic N) is 3. The third-order valence-corrected chi connectivity index (χ3v) is 3.97. The van der Waals surface area contributed by atoms with Gasteiger partial charge in [0.15, 0.2) is 0 Å². The summed E-state index contributed by atoms with van der Waals surface area (Å²) < 4.78 is 6.93. The minimum atomic E-state index is -0.222. The van der Waals surface area contributed by atoms with Crippen molar-refractivity contribution >= 4 is 5.91 Å². The lowest BCUT2D eigenvalue weighted by molar-refractivity contribution is -0.133. The van der Waals surface area contributed by atoms with Gasteiger partial charge in [0.1, 0.15) is 0 Å². The number of nitrogens with two attached hydrogens (primary N) is 1. The van der Waals surface area contributed by atoms with E-state index in [2.05, 4.69) is 25.9 Å². The number of hydrogen-bond donors (Lipinski definition) is 1. The molecule has 0 unspecified atom stereocenters. The molecule has 2 rings (SSSR count). The van der Waals surface area contributed by atoms with Crippen LogP contribution in [0.5, 0.6) is 0 Å². The van der Waals surface area contributed by atoms with Crippen LogP contribution in [0.15, 0.2) is 12.4 Å². The van der Waals surface area contributed by atoms with Crippen LogP contribution in [0.25, 0.3) is 0 Å². The zero-order valence-electron chi connectivity index (χ0n) is 13.4. The Kier molecular flexibility index (Phi) is 4.68. The minimum Gasteiger partial charge on any atom is -0.383 e. The van der Waals surface area contributed by atoms with Crippen LogP contribution in [-0.4, -0.2) is 46.4 Å². The number of carbonyl (C=O) groups excluding carboxylic acids is 1. The Labute approximate surface area is 126 Å². The summed E-state index contributed by atoms with van der Waals surface area (Å²) in [5, 5.41) is 4.37. The van der Waals surface area contributed by atoms with Gasteiger partial charge in [-0.3, -0.25) is 9.48 Å². The van der Waals surface area contributed by atoms with Gasteiger partial charge >= 0.3 is 0 Å². The zero-order valence-corrected chi connectivity index (χ0v) is 13.4. The molecule has 0 radical (unpaired) electrons. The maximum Gasteiger partial charge on any atom is 0.223 e. The predicted octanol–water partition coefficient (Wildman–Crippen LogP) is 1.18. The van der Waals surface area contributed by atoms with Gasteiger partial charge < -0.3 is 15.4 Å². The second-order valence-electron chi connectivity index (χ2n) is 6.61. The third kappa shape index (κ3) is 3.27. The van der Waals surface area contributed by atoms with Gasteiger partial charge in [-0.1, -0.05) is 0 Å². The van der Waals surface area contributed by atoms with Crippen molar-refractivity contribution in [2.24, 2.45) is 11.7 Å². The Morgan fingerprint density at radius 1 is 1.48 bits per heavy atom. The van der Waals surface area contributed by atoms with Crippen molar-refractivity contribution < 1.29 is 9.53 Å². The topological polar surface area (TPSA) is 73.4 Å². The van der Waals surface area contributed by atoms with Gasteiger partial charge in [0.2, 0.25) is 5.91 Å². The monoisotopic (exact) mass is 294 g/mol. The van der Waals surface area contributed by atoms with Gasteiger partial charge in [-0.15, -0.1) is 0 Å². The van der Waals surface area contributed by atoms with E-state index in [4.69, 9.17) is 10.5 Å². The van der Waals surface area contributed by atoms with Crippen LogP contribution in [-0.2, 0) is 16.1 Å². The molecular weight excluding hydrogens is 268 g/mol. The van der Waals surface area contributed by atoms with E-state index in [1.165, 1.54) is 0 Å². The van der Waals surface area contributed by atoms with Crippen molar-refractivity contribution in [2.45, 2.75) is 45.3 Å². The lowest BCUT2D eigenvalue weighted by atomic mass is 9.93. The van der Waals surface area contributed by atoms with Gasteiger partial charge in [0, 0.05) is 36.7 Å². The standard InChI is InChI=1S/C15H26N4O2/c1-15(2,3)19-13(20)7-11(8-16)14(19)12-9-17-18(10-12)5-6-21-4/h9-11,14H,5-8,16H2,1-4H3/t11-,14+/m1/s1. The highest BCUT2D eigenvalue weighted by Gasteiger charge is 2.45. The van der Waals surface area contributed by atoms with Crippen LogP contribution < -0.4 is 5.73 Å². The summed E-state index contributed by atoms with van der Waals surface area (Å²) in [5.41, 5.74) is 6.73. The highest BCUT2D eigenvalue weighted by molar-refractivity contribution is 5.80. The summed E-state index contributed by atoms with van der Waals surface area (Å²) in [7, 11) is 1.67. The SMILES string of the molecule is COCCn1cc([C@@H]2[C@@H](CN)CC(=O)N2C(C)(C)C)cn1. The molecule has 0 aliphatic carbocycles. The predicted molar refractivity (Wildman–Crippen MR) is 80.6 cm³/mol. The molecule has 1 aliphatic rings. The van der Waals surface area contributed by atoms with Gasteiger partial charge in [0.25, 0.3) is 0 Å². The summed E-state index contributed by atoms with van der Waals surface area (Å²) in [6.45, 7) is 8.02. The molecule has 1 aromatic heterocycles. The molecule has 1 fully saturated rings. The maximum atomic E-state index is 12.4. The third-order valence-electron chi connectivity index (χ3n) is 3.97. The van der Waals surface area contributed by atoms with E-state index >= 15 is 0 Å². The average Bonchev–Trinajstić information content (AvgIpc) is 2.98. The van der Waals surface area contributed by atoms with E-state index in [9.17, 15) is 4.79 Å². The first-order chi connectivity index (χ1) is 9.88. The highest BCUT2D eigenvalue weighted by atomic mass is 16.5. The van der Waals surface area contributed by atoms with Gasteiger partial charge in [-0.05, 0) is 27.3 Å². The smallest absolute Gasteiger partial charge is 0.223 e. The number of rotatable bonds is 5. The Morgan fingerprint density at radius 3 is 2.76 bits per heavy atom. The van der Waals surface area contributed by atoms with E-state index < -0.39 is 0 Å². The maximum absolute atomic E-state index is 12.4. The fraction of sp³-hybridized carbons (Fsp3) is 0.733. The minimum absolute atomic E-state index is 0.0128. The Morgan fingerprint density at radius 2 is 2.19 bits per heavy atom. The van der Waals surface area contributed by atoms with Crippen LogP contribution in [0.3, 0.4) is 0 Å². The van der Waals surface area contributed by atoms with Gasteiger partial charge in [-0.25, -0.2) is 0 Å². The molecule has 2 atom stereocenters. The first-order valence-electron chi connectivity index (χ1n) is 7.42. The van der Waals surface area contributed by atoms with Crippen molar-refractivity contribution in [3.05, 3.63) is 18.0 Å². The molecule has 1 aromatic rings. The Bertz CT molecular complexity index is 492. The summed E-state index contributed by atoms with van der Waals surface area (Å²) in [5.74, 6) is 0.324. The molecule has 1 aliphatic heterocycles. The van der Waals surface area contributed by atoms with Crippen molar-refractivity contribution in [2.75, 3.05) is 20.3 Å². The Hall–Kier alpha value is -1.40. The number of hydrogen-bond acceptors (Lipinski definition) is 4. The molecule has 6 heteroatoms. The number of amides is 1. The first-order valence-corrected chi connectivity index (χ1v) is 7.42. The molecule has 0 bridgehead atoms. The summed E-state index contributed by atoms with van der Waals surface area (Å²) >= 11 is 0. The molecule has 0 spiro atoms. The van der Waals surface area contributed by atoms with E-state index in [1.54, 1.807) is 7.11 Å². The summed E-state index contributed by atoms with van der Waals surface area (Å²) in [4.78, 5) is 14.3. The molecule has 2 heterocycles. The number of ether oxygens (including phenoxy) is 1. The first kappa shape index (κ1) is 16.0. The number of likely N-dealkylation sites (tertiary alicyclic amines) is 1. The van der Waals surface area contributed by atoms with Crippen LogP contribution in [0.2, 0.25) is 0 Å². The lowest BCUT2D eigenvalue weighted by Crippen LogP contribution is -2.44. The van der Waals surface area contributed by atoms with Crippen molar-refractivity contribution in [1.82, 2.24) is 14.7 Å². The molecular formula is C15H26N4O2. The highest BCUT2D eigenvalue weighted by Crippen LogP contribution is 2.41. The van der Waals surface area contributed by atoms with E-state index in [1.807, 2.05) is 22.0 Å². The summed E-state index contributed by atoms with van der Waals surface area (Å²) in [6.07, 6.45) is 4.37. The van der Waals surface area contributed by atoms with E-state index in [0.717, 1.165) is 5.56 Å². The normalized spacial score (nSPS) is 23.1. The fourth-order valence-corrected chi connectivity index (χ4v) is 3.06. The van der Waals surface area contributed by atoms with Crippen LogP contribution in [0.4, 0.5) is 0 Å². The van der Waals surface area contributed by atoms with Gasteiger partial charge in [-0.2, -0.15) is 5.10 Å². The van der Waals surface area contributed by atoms with Crippen molar-refractivity contribution in [1.29, 1.82) is 0 Å². The molecule has 0 saturated carbocycles. The fourth-order valence-electron chi connectivity index (χ4n) is 3.06. The quantitative estimate of drug-likeness (QED) is 0.885. The number of methoxy groups -OCH3 is 1. The van der Waals surface area contributed by atoms with Crippen LogP contribution >= 0.6 is 0 Å². The zero-order chi connectivity index (χ0) is 15.6. The molecule has 6 nitrogen and oxygen atoms in total. The number of aromatic nitrogens is 2. The molecule has 1 saturated heterocycles. The largest absolute Gasteiger partial charge is 0.383 e. The van der Waals surface area contributed by atoms with E-state index in [0.29, 0.717) is 26.1 Å². The van der Waals surface area contributed by atoms with E-state index in [-0.39, 0.29) is 23.4 Å². The molecule has 2 N–H and O–H groups in total. The molecule has 118 valence electrons. The lowest BCUT2D eigenvalue weighted by Gasteiger charge is -2.38. The van der Waals surface area contributed by atoms with Crippen molar-refractivity contribution in [3.63, 3.8) is 0 Å². The van der Waals surface area contributed by atoms with Crippen LogP contribution in [0.1, 0.15) is 38.8 Å². The molecule has 21 heavy (non-hydrogen) atoms.